The normalized spacial score (nSPS) is 12.4. The Morgan fingerprint density at radius 1 is 0.882 bits per heavy atom. The van der Waals surface area contributed by atoms with E-state index in [9.17, 15) is 0 Å². The standard InChI is InChI=1S/C16H27N/c1-3-5-6-8-12-15(11-4-2)17-16-13-9-7-10-14-16/h7,9-10,13-15,17H,3-6,8,11-12H2,1-2H3. The van der Waals surface area contributed by atoms with Crippen molar-refractivity contribution in [1.29, 1.82) is 0 Å². The minimum Gasteiger partial charge on any atom is -0.382 e. The molecule has 0 fully saturated rings. The third kappa shape index (κ3) is 6.35. The number of hydrogen-bond acceptors (Lipinski definition) is 1. The summed E-state index contributed by atoms with van der Waals surface area (Å²) < 4.78 is 0. The van der Waals surface area contributed by atoms with Gasteiger partial charge >= 0.3 is 0 Å². The number of benzene rings is 1. The van der Waals surface area contributed by atoms with Crippen LogP contribution in [0.2, 0.25) is 0 Å². The number of para-hydroxylation sites is 1. The summed E-state index contributed by atoms with van der Waals surface area (Å²) in [5, 5.41) is 3.66. The summed E-state index contributed by atoms with van der Waals surface area (Å²) in [5.41, 5.74) is 1.27. The predicted octanol–water partition coefficient (Wildman–Crippen LogP) is 5.24. The van der Waals surface area contributed by atoms with Gasteiger partial charge in [0.15, 0.2) is 0 Å². The van der Waals surface area contributed by atoms with E-state index in [1.54, 1.807) is 0 Å². The average Bonchev–Trinajstić information content (AvgIpc) is 2.36. The van der Waals surface area contributed by atoms with Crippen molar-refractivity contribution >= 4 is 5.69 Å². The molecular formula is C16H27N. The van der Waals surface area contributed by atoms with Crippen molar-refractivity contribution in [3.63, 3.8) is 0 Å². The molecule has 1 aromatic rings. The van der Waals surface area contributed by atoms with Crippen LogP contribution in [0.15, 0.2) is 30.3 Å². The first-order valence-corrected chi connectivity index (χ1v) is 7.18. The molecule has 1 rings (SSSR count). The van der Waals surface area contributed by atoms with Crippen molar-refractivity contribution in [2.24, 2.45) is 0 Å². The molecule has 1 unspecified atom stereocenters. The molecule has 1 nitrogen and oxygen atoms in total. The molecule has 1 N–H and O–H groups in total. The summed E-state index contributed by atoms with van der Waals surface area (Å²) in [6.07, 6.45) is 9.29. The first-order valence-electron chi connectivity index (χ1n) is 7.18. The lowest BCUT2D eigenvalue weighted by Crippen LogP contribution is -2.19. The Balaban J connectivity index is 2.32. The highest BCUT2D eigenvalue weighted by molar-refractivity contribution is 5.43. The van der Waals surface area contributed by atoms with Crippen LogP contribution in [0.4, 0.5) is 5.69 Å². The predicted molar refractivity (Wildman–Crippen MR) is 77.5 cm³/mol. The van der Waals surface area contributed by atoms with Crippen molar-refractivity contribution in [3.8, 4) is 0 Å². The van der Waals surface area contributed by atoms with Gasteiger partial charge in [0.05, 0.1) is 0 Å². The summed E-state index contributed by atoms with van der Waals surface area (Å²) in [6.45, 7) is 4.54. The molecular weight excluding hydrogens is 206 g/mol. The monoisotopic (exact) mass is 233 g/mol. The van der Waals surface area contributed by atoms with Gasteiger partial charge in [0.25, 0.3) is 0 Å². The van der Waals surface area contributed by atoms with Crippen LogP contribution in [0.5, 0.6) is 0 Å². The third-order valence-electron chi connectivity index (χ3n) is 3.19. The van der Waals surface area contributed by atoms with Crippen LogP contribution in [-0.2, 0) is 0 Å². The minimum absolute atomic E-state index is 0.652. The SMILES string of the molecule is CCCCCCC(CCC)Nc1ccccc1. The Kier molecular flexibility index (Phi) is 7.53. The molecule has 0 saturated carbocycles. The maximum Gasteiger partial charge on any atom is 0.0342 e. The third-order valence-corrected chi connectivity index (χ3v) is 3.19. The largest absolute Gasteiger partial charge is 0.382 e. The first kappa shape index (κ1) is 14.1. The molecule has 0 heterocycles. The molecule has 0 aliphatic heterocycles. The Bertz CT molecular complexity index is 268. The van der Waals surface area contributed by atoms with Crippen molar-refractivity contribution in [2.75, 3.05) is 5.32 Å². The zero-order chi connectivity index (χ0) is 12.3. The molecule has 0 aliphatic rings. The molecule has 0 radical (unpaired) electrons. The fourth-order valence-corrected chi connectivity index (χ4v) is 2.22. The van der Waals surface area contributed by atoms with Crippen LogP contribution >= 0.6 is 0 Å². The highest BCUT2D eigenvalue weighted by atomic mass is 14.9. The Labute approximate surface area is 107 Å². The maximum atomic E-state index is 3.66. The highest BCUT2D eigenvalue weighted by Gasteiger charge is 2.06. The van der Waals surface area contributed by atoms with Crippen molar-refractivity contribution in [1.82, 2.24) is 0 Å². The number of nitrogens with one attached hydrogen (secondary N) is 1. The molecule has 1 atom stereocenters. The summed E-state index contributed by atoms with van der Waals surface area (Å²) in [6, 6.07) is 11.2. The van der Waals surface area contributed by atoms with Crippen molar-refractivity contribution in [3.05, 3.63) is 30.3 Å². The summed E-state index contributed by atoms with van der Waals surface area (Å²) in [7, 11) is 0. The van der Waals surface area contributed by atoms with E-state index < -0.39 is 0 Å². The van der Waals surface area contributed by atoms with Crippen molar-refractivity contribution in [2.45, 2.75) is 64.8 Å². The highest BCUT2D eigenvalue weighted by Crippen LogP contribution is 2.15. The van der Waals surface area contributed by atoms with Gasteiger partial charge in [-0.2, -0.15) is 0 Å². The summed E-state index contributed by atoms with van der Waals surface area (Å²) in [4.78, 5) is 0. The van der Waals surface area contributed by atoms with Gasteiger partial charge in [-0.1, -0.05) is 64.2 Å². The Hall–Kier alpha value is -0.980. The van der Waals surface area contributed by atoms with Crippen LogP contribution in [0.3, 0.4) is 0 Å². The lowest BCUT2D eigenvalue weighted by Gasteiger charge is -2.19. The summed E-state index contributed by atoms with van der Waals surface area (Å²) >= 11 is 0. The Morgan fingerprint density at radius 2 is 1.65 bits per heavy atom. The topological polar surface area (TPSA) is 12.0 Å². The minimum atomic E-state index is 0.652. The zero-order valence-electron chi connectivity index (χ0n) is 11.4. The van der Waals surface area contributed by atoms with E-state index in [0.29, 0.717) is 6.04 Å². The van der Waals surface area contributed by atoms with E-state index >= 15 is 0 Å². The van der Waals surface area contributed by atoms with Crippen LogP contribution < -0.4 is 5.32 Å². The quantitative estimate of drug-likeness (QED) is 0.575. The Morgan fingerprint density at radius 3 is 2.29 bits per heavy atom. The maximum absolute atomic E-state index is 3.66. The fraction of sp³-hybridized carbons (Fsp3) is 0.625. The molecule has 0 bridgehead atoms. The van der Waals surface area contributed by atoms with Gasteiger partial charge in [-0.25, -0.2) is 0 Å². The molecule has 1 heteroatoms. The number of anilines is 1. The molecule has 0 amide bonds. The van der Waals surface area contributed by atoms with Gasteiger partial charge in [0, 0.05) is 11.7 Å². The van der Waals surface area contributed by atoms with Gasteiger partial charge in [0.2, 0.25) is 0 Å². The molecule has 0 aromatic heterocycles. The lowest BCUT2D eigenvalue weighted by atomic mass is 10.0. The molecule has 1 aromatic carbocycles. The van der Waals surface area contributed by atoms with Crippen LogP contribution in [-0.4, -0.2) is 6.04 Å². The second-order valence-corrected chi connectivity index (χ2v) is 4.85. The van der Waals surface area contributed by atoms with Gasteiger partial charge < -0.3 is 5.32 Å². The van der Waals surface area contributed by atoms with E-state index in [1.165, 1.54) is 50.6 Å². The molecule has 0 aliphatic carbocycles. The van der Waals surface area contributed by atoms with Gasteiger partial charge in [0.1, 0.15) is 0 Å². The van der Waals surface area contributed by atoms with E-state index in [-0.39, 0.29) is 0 Å². The average molecular weight is 233 g/mol. The molecule has 0 spiro atoms. The molecule has 17 heavy (non-hydrogen) atoms. The van der Waals surface area contributed by atoms with Crippen LogP contribution in [0, 0.1) is 0 Å². The molecule has 96 valence electrons. The number of rotatable bonds is 9. The van der Waals surface area contributed by atoms with E-state index in [0.717, 1.165) is 0 Å². The van der Waals surface area contributed by atoms with Crippen molar-refractivity contribution < 1.29 is 0 Å². The second-order valence-electron chi connectivity index (χ2n) is 4.85. The number of hydrogen-bond donors (Lipinski definition) is 1. The smallest absolute Gasteiger partial charge is 0.0342 e. The van der Waals surface area contributed by atoms with Crippen LogP contribution in [0.25, 0.3) is 0 Å². The van der Waals surface area contributed by atoms with Gasteiger partial charge in [-0.05, 0) is 25.0 Å². The van der Waals surface area contributed by atoms with E-state index in [2.05, 4.69) is 49.5 Å². The van der Waals surface area contributed by atoms with Gasteiger partial charge in [-0.3, -0.25) is 0 Å². The lowest BCUT2D eigenvalue weighted by molar-refractivity contribution is 0.541. The van der Waals surface area contributed by atoms with Gasteiger partial charge in [-0.15, -0.1) is 0 Å². The van der Waals surface area contributed by atoms with Crippen LogP contribution in [0.1, 0.15) is 58.8 Å². The molecule has 0 saturated heterocycles. The van der Waals surface area contributed by atoms with E-state index in [4.69, 9.17) is 0 Å². The fourth-order valence-electron chi connectivity index (χ4n) is 2.22. The van der Waals surface area contributed by atoms with E-state index in [1.807, 2.05) is 0 Å². The summed E-state index contributed by atoms with van der Waals surface area (Å²) in [5.74, 6) is 0. The first-order chi connectivity index (χ1) is 8.36. The zero-order valence-corrected chi connectivity index (χ0v) is 11.4. The number of unbranched alkanes of at least 4 members (excludes halogenated alkanes) is 3. The second kappa shape index (κ2) is 9.09.